The third-order valence-electron chi connectivity index (χ3n) is 1.79. The number of H-pyrrole nitrogens is 1. The molecule has 0 spiro atoms. The maximum atomic E-state index is 11.6. The molecular formula is C9H13N3O2S. The number of aryl methyl sites for hydroxylation is 1. The molecule has 5 nitrogen and oxygen atoms in total. The van der Waals surface area contributed by atoms with Gasteiger partial charge < -0.3 is 4.98 Å². The largest absolute Gasteiger partial charge is 0.332 e. The van der Waals surface area contributed by atoms with E-state index in [1.165, 1.54) is 6.20 Å². The van der Waals surface area contributed by atoms with Crippen LogP contribution in [0.3, 0.4) is 0 Å². The SMILES string of the molecule is C#CCCNS(=O)(=O)c1cnc(CC)[nH]1. The molecule has 1 aromatic heterocycles. The number of nitrogens with zero attached hydrogens (tertiary/aromatic N) is 1. The zero-order valence-corrected chi connectivity index (χ0v) is 9.26. The third-order valence-corrected chi connectivity index (χ3v) is 3.16. The number of hydrogen-bond donors (Lipinski definition) is 2. The molecule has 2 N–H and O–H groups in total. The highest BCUT2D eigenvalue weighted by atomic mass is 32.2. The van der Waals surface area contributed by atoms with E-state index < -0.39 is 10.0 Å². The van der Waals surface area contributed by atoms with Gasteiger partial charge in [0.05, 0.1) is 6.20 Å². The predicted molar refractivity (Wildman–Crippen MR) is 56.6 cm³/mol. The first-order valence-electron chi connectivity index (χ1n) is 4.57. The van der Waals surface area contributed by atoms with Crippen LogP contribution in [0.4, 0.5) is 0 Å². The molecule has 0 aliphatic carbocycles. The van der Waals surface area contributed by atoms with Crippen molar-refractivity contribution in [1.82, 2.24) is 14.7 Å². The van der Waals surface area contributed by atoms with Crippen molar-refractivity contribution in [2.75, 3.05) is 6.54 Å². The average Bonchev–Trinajstić information content (AvgIpc) is 2.66. The van der Waals surface area contributed by atoms with Crippen LogP contribution in [0.2, 0.25) is 0 Å². The van der Waals surface area contributed by atoms with Crippen LogP contribution in [0.15, 0.2) is 11.2 Å². The van der Waals surface area contributed by atoms with Gasteiger partial charge in [-0.1, -0.05) is 6.92 Å². The number of hydrogen-bond acceptors (Lipinski definition) is 3. The van der Waals surface area contributed by atoms with Crippen molar-refractivity contribution < 1.29 is 8.42 Å². The van der Waals surface area contributed by atoms with Gasteiger partial charge in [-0.15, -0.1) is 12.3 Å². The first-order valence-corrected chi connectivity index (χ1v) is 6.05. The van der Waals surface area contributed by atoms with E-state index in [1.54, 1.807) is 0 Å². The molecule has 1 aromatic rings. The number of sulfonamides is 1. The van der Waals surface area contributed by atoms with Crippen LogP contribution in [0.25, 0.3) is 0 Å². The Labute approximate surface area is 89.4 Å². The summed E-state index contributed by atoms with van der Waals surface area (Å²) in [4.78, 5) is 6.63. The van der Waals surface area contributed by atoms with Crippen LogP contribution in [-0.2, 0) is 16.4 Å². The molecule has 1 heterocycles. The maximum Gasteiger partial charge on any atom is 0.257 e. The summed E-state index contributed by atoms with van der Waals surface area (Å²) in [6.07, 6.45) is 7.36. The summed E-state index contributed by atoms with van der Waals surface area (Å²) in [6, 6.07) is 0. The topological polar surface area (TPSA) is 74.8 Å². The molecule has 0 saturated carbocycles. The molecule has 15 heavy (non-hydrogen) atoms. The normalized spacial score (nSPS) is 11.2. The Bertz CT molecular complexity index is 456. The first kappa shape index (κ1) is 11.8. The summed E-state index contributed by atoms with van der Waals surface area (Å²) in [5, 5.41) is 0.0800. The summed E-state index contributed by atoms with van der Waals surface area (Å²) in [5.41, 5.74) is 0. The predicted octanol–water partition coefficient (Wildman–Crippen LogP) is 0.274. The van der Waals surface area contributed by atoms with Crippen LogP contribution in [0.5, 0.6) is 0 Å². The van der Waals surface area contributed by atoms with E-state index in [9.17, 15) is 8.42 Å². The monoisotopic (exact) mass is 227 g/mol. The van der Waals surface area contributed by atoms with Crippen molar-refractivity contribution in [2.45, 2.75) is 24.8 Å². The highest BCUT2D eigenvalue weighted by Gasteiger charge is 2.15. The number of aromatic amines is 1. The Kier molecular flexibility index (Phi) is 3.88. The van der Waals surface area contributed by atoms with E-state index in [4.69, 9.17) is 6.42 Å². The lowest BCUT2D eigenvalue weighted by atomic mass is 10.5. The van der Waals surface area contributed by atoms with Gasteiger partial charge in [-0.3, -0.25) is 0 Å². The summed E-state index contributed by atoms with van der Waals surface area (Å²) in [6.45, 7) is 2.13. The minimum absolute atomic E-state index is 0.0800. The molecule has 0 radical (unpaired) electrons. The lowest BCUT2D eigenvalue weighted by molar-refractivity contribution is 0.579. The molecule has 82 valence electrons. The lowest BCUT2D eigenvalue weighted by Crippen LogP contribution is -2.24. The molecule has 0 saturated heterocycles. The summed E-state index contributed by atoms with van der Waals surface area (Å²) < 4.78 is 25.5. The Morgan fingerprint density at radius 2 is 2.40 bits per heavy atom. The number of rotatable bonds is 5. The molecule has 0 fully saturated rings. The summed E-state index contributed by atoms with van der Waals surface area (Å²) >= 11 is 0. The fraction of sp³-hybridized carbons (Fsp3) is 0.444. The molecule has 0 atom stereocenters. The Balaban J connectivity index is 2.74. The molecular weight excluding hydrogens is 214 g/mol. The van der Waals surface area contributed by atoms with Gasteiger partial charge in [0.15, 0.2) is 5.03 Å². The van der Waals surface area contributed by atoms with Crippen LogP contribution in [0.1, 0.15) is 19.2 Å². The molecule has 6 heteroatoms. The minimum atomic E-state index is -3.49. The number of aromatic nitrogens is 2. The Hall–Kier alpha value is -1.32. The highest BCUT2D eigenvalue weighted by molar-refractivity contribution is 7.89. The van der Waals surface area contributed by atoms with Crippen molar-refractivity contribution in [1.29, 1.82) is 0 Å². The zero-order valence-electron chi connectivity index (χ0n) is 8.45. The van der Waals surface area contributed by atoms with Crippen molar-refractivity contribution in [3.8, 4) is 12.3 Å². The molecule has 1 rings (SSSR count). The summed E-state index contributed by atoms with van der Waals surface area (Å²) in [5.74, 6) is 3.00. The second-order valence-corrected chi connectivity index (χ2v) is 4.63. The highest BCUT2D eigenvalue weighted by Crippen LogP contribution is 2.05. The van der Waals surface area contributed by atoms with Gasteiger partial charge in [0.1, 0.15) is 5.82 Å². The second-order valence-electron chi connectivity index (χ2n) is 2.90. The first-order chi connectivity index (χ1) is 7.10. The molecule has 0 aromatic carbocycles. The standard InChI is InChI=1S/C9H13N3O2S/c1-3-5-6-11-15(13,14)9-7-10-8(4-2)12-9/h1,7,11H,4-6H2,2H3,(H,10,12). The minimum Gasteiger partial charge on any atom is -0.332 e. The van der Waals surface area contributed by atoms with E-state index in [0.29, 0.717) is 18.7 Å². The van der Waals surface area contributed by atoms with E-state index in [1.807, 2.05) is 6.92 Å². The van der Waals surface area contributed by atoms with E-state index >= 15 is 0 Å². The number of imidazole rings is 1. The van der Waals surface area contributed by atoms with Crippen LogP contribution >= 0.6 is 0 Å². The molecule has 0 aliphatic heterocycles. The Morgan fingerprint density at radius 1 is 1.67 bits per heavy atom. The lowest BCUT2D eigenvalue weighted by Gasteiger charge is -2.01. The van der Waals surface area contributed by atoms with E-state index in [0.717, 1.165) is 0 Å². The second kappa shape index (κ2) is 4.96. The fourth-order valence-corrected chi connectivity index (χ4v) is 1.96. The quantitative estimate of drug-likeness (QED) is 0.560. The van der Waals surface area contributed by atoms with Gasteiger partial charge in [0.2, 0.25) is 0 Å². The van der Waals surface area contributed by atoms with Crippen molar-refractivity contribution >= 4 is 10.0 Å². The van der Waals surface area contributed by atoms with Gasteiger partial charge in [0.25, 0.3) is 10.0 Å². The third kappa shape index (κ3) is 3.08. The summed E-state index contributed by atoms with van der Waals surface area (Å²) in [7, 11) is -3.49. The van der Waals surface area contributed by atoms with Gasteiger partial charge in [0, 0.05) is 19.4 Å². The van der Waals surface area contributed by atoms with Crippen LogP contribution < -0.4 is 4.72 Å². The van der Waals surface area contributed by atoms with Gasteiger partial charge >= 0.3 is 0 Å². The molecule has 0 bridgehead atoms. The van der Waals surface area contributed by atoms with E-state index in [-0.39, 0.29) is 11.6 Å². The Morgan fingerprint density at radius 3 is 2.93 bits per heavy atom. The fourth-order valence-electron chi connectivity index (χ4n) is 0.995. The molecule has 0 amide bonds. The van der Waals surface area contributed by atoms with E-state index in [2.05, 4.69) is 20.6 Å². The van der Waals surface area contributed by atoms with Gasteiger partial charge in [-0.05, 0) is 0 Å². The average molecular weight is 227 g/mol. The zero-order chi connectivity index (χ0) is 11.3. The van der Waals surface area contributed by atoms with Gasteiger partial charge in [-0.25, -0.2) is 18.1 Å². The van der Waals surface area contributed by atoms with Gasteiger partial charge in [-0.2, -0.15) is 0 Å². The number of nitrogens with one attached hydrogen (secondary N) is 2. The van der Waals surface area contributed by atoms with Crippen LogP contribution in [-0.4, -0.2) is 24.9 Å². The maximum absolute atomic E-state index is 11.6. The molecule has 0 unspecified atom stereocenters. The van der Waals surface area contributed by atoms with Crippen LogP contribution in [0, 0.1) is 12.3 Å². The van der Waals surface area contributed by atoms with Crippen molar-refractivity contribution in [2.24, 2.45) is 0 Å². The van der Waals surface area contributed by atoms with Crippen molar-refractivity contribution in [3.63, 3.8) is 0 Å². The van der Waals surface area contributed by atoms with Crippen molar-refractivity contribution in [3.05, 3.63) is 12.0 Å². The smallest absolute Gasteiger partial charge is 0.257 e. The molecule has 0 aliphatic rings. The number of terminal acetylenes is 1.